The normalized spacial score (nSPS) is 14.7. The first-order valence-electron chi connectivity index (χ1n) is 10.3. The van der Waals surface area contributed by atoms with Crippen molar-refractivity contribution in [2.45, 2.75) is 57.9 Å². The zero-order valence-electron chi connectivity index (χ0n) is 18.5. The molecule has 0 fully saturated rings. The van der Waals surface area contributed by atoms with E-state index < -0.39 is 23.3 Å². The van der Waals surface area contributed by atoms with Gasteiger partial charge in [-0.3, -0.25) is 4.79 Å². The van der Waals surface area contributed by atoms with Gasteiger partial charge in [0.2, 0.25) is 0 Å². The number of rotatable bonds is 9. The van der Waals surface area contributed by atoms with Gasteiger partial charge in [0.1, 0.15) is 5.69 Å². The van der Waals surface area contributed by atoms with Gasteiger partial charge < -0.3 is 10.1 Å². The van der Waals surface area contributed by atoms with Crippen molar-refractivity contribution in [3.05, 3.63) is 59.4 Å². The van der Waals surface area contributed by atoms with Crippen LogP contribution < -0.4 is 5.32 Å². The van der Waals surface area contributed by atoms with Gasteiger partial charge in [0.15, 0.2) is 5.69 Å². The average molecular weight is 448 g/mol. The van der Waals surface area contributed by atoms with E-state index in [0.717, 1.165) is 11.1 Å². The van der Waals surface area contributed by atoms with Crippen molar-refractivity contribution in [2.75, 3.05) is 7.11 Å². The highest BCUT2D eigenvalue weighted by atomic mass is 19.4. The third-order valence-electron chi connectivity index (χ3n) is 5.33. The van der Waals surface area contributed by atoms with Crippen molar-refractivity contribution in [3.63, 3.8) is 0 Å². The van der Waals surface area contributed by atoms with E-state index in [1.54, 1.807) is 6.92 Å². The molecule has 0 spiro atoms. The van der Waals surface area contributed by atoms with Crippen molar-refractivity contribution < 1.29 is 22.7 Å². The van der Waals surface area contributed by atoms with Gasteiger partial charge in [-0.2, -0.15) is 23.5 Å². The number of allylic oxidation sites excluding steroid dienone is 1. The number of alkyl halides is 3. The first kappa shape index (κ1) is 25.1. The standard InChI is InChI=1S/C23H27F3N4O2/c1-5-7-8-12-20(32-4)22(3,6-2)28-21(31)18-14-19(23(24,25)26)29-30(18)17-11-9-10-16(13-17)15-27/h7-11,13-14,20H,5-6,12H2,1-4H3,(H,28,31)/b8-7-/t20-,22?/m0/s1. The highest BCUT2D eigenvalue weighted by Crippen LogP contribution is 2.30. The second kappa shape index (κ2) is 10.5. The van der Waals surface area contributed by atoms with Crippen LogP contribution in [0.3, 0.4) is 0 Å². The summed E-state index contributed by atoms with van der Waals surface area (Å²) in [6, 6.07) is 8.52. The first-order chi connectivity index (χ1) is 15.1. The fourth-order valence-electron chi connectivity index (χ4n) is 3.31. The number of carbonyl (C=O) groups is 1. The van der Waals surface area contributed by atoms with E-state index in [1.165, 1.54) is 31.4 Å². The van der Waals surface area contributed by atoms with Crippen LogP contribution >= 0.6 is 0 Å². The number of nitrogens with zero attached hydrogens (tertiary/aromatic N) is 3. The van der Waals surface area contributed by atoms with Gasteiger partial charge in [-0.15, -0.1) is 0 Å². The second-order valence-corrected chi connectivity index (χ2v) is 7.55. The molecule has 1 aromatic heterocycles. The lowest BCUT2D eigenvalue weighted by Gasteiger charge is -2.36. The molecule has 6 nitrogen and oxygen atoms in total. The quantitative estimate of drug-likeness (QED) is 0.546. The Morgan fingerprint density at radius 2 is 2.03 bits per heavy atom. The number of nitriles is 1. The number of amides is 1. The maximum Gasteiger partial charge on any atom is 0.435 e. The minimum Gasteiger partial charge on any atom is -0.379 e. The number of methoxy groups -OCH3 is 1. The number of hydrogen-bond acceptors (Lipinski definition) is 4. The lowest BCUT2D eigenvalue weighted by molar-refractivity contribution is -0.141. The third-order valence-corrected chi connectivity index (χ3v) is 5.33. The van der Waals surface area contributed by atoms with Crippen LogP contribution in [0.25, 0.3) is 5.69 Å². The molecule has 0 saturated carbocycles. The maximum absolute atomic E-state index is 13.4. The molecule has 2 atom stereocenters. The van der Waals surface area contributed by atoms with Crippen LogP contribution in [0.15, 0.2) is 42.5 Å². The first-order valence-corrected chi connectivity index (χ1v) is 10.3. The van der Waals surface area contributed by atoms with Crippen molar-refractivity contribution in [3.8, 4) is 11.8 Å². The Morgan fingerprint density at radius 3 is 2.59 bits per heavy atom. The molecule has 0 bridgehead atoms. The van der Waals surface area contributed by atoms with Crippen LogP contribution in [-0.4, -0.2) is 34.4 Å². The van der Waals surface area contributed by atoms with E-state index in [0.29, 0.717) is 18.9 Å². The lowest BCUT2D eigenvalue weighted by atomic mass is 9.88. The van der Waals surface area contributed by atoms with Crippen LogP contribution in [0.5, 0.6) is 0 Å². The summed E-state index contributed by atoms with van der Waals surface area (Å²) in [5.41, 5.74) is -1.91. The molecule has 172 valence electrons. The number of aromatic nitrogens is 2. The summed E-state index contributed by atoms with van der Waals surface area (Å²) < 4.78 is 46.6. The summed E-state index contributed by atoms with van der Waals surface area (Å²) in [5, 5.41) is 15.6. The summed E-state index contributed by atoms with van der Waals surface area (Å²) in [6.07, 6.45) is 0.686. The molecule has 1 amide bonds. The molecule has 0 aliphatic carbocycles. The minimum atomic E-state index is -4.73. The smallest absolute Gasteiger partial charge is 0.379 e. The number of halogens is 3. The molecule has 0 aliphatic heterocycles. The summed E-state index contributed by atoms with van der Waals surface area (Å²) in [5.74, 6) is -0.721. The Labute approximate surface area is 185 Å². The summed E-state index contributed by atoms with van der Waals surface area (Å²) in [4.78, 5) is 13.2. The Balaban J connectivity index is 2.48. The fourth-order valence-corrected chi connectivity index (χ4v) is 3.31. The van der Waals surface area contributed by atoms with Gasteiger partial charge in [-0.1, -0.05) is 32.1 Å². The van der Waals surface area contributed by atoms with Gasteiger partial charge in [0.05, 0.1) is 29.0 Å². The molecule has 1 heterocycles. The SMILES string of the molecule is CC/C=C\C[C@H](OC)C(C)(CC)NC(=O)c1cc(C(F)(F)F)nn1-c1cccc(C#N)c1. The van der Waals surface area contributed by atoms with E-state index in [9.17, 15) is 18.0 Å². The van der Waals surface area contributed by atoms with Crippen molar-refractivity contribution in [1.82, 2.24) is 15.1 Å². The average Bonchev–Trinajstić information content (AvgIpc) is 3.23. The highest BCUT2D eigenvalue weighted by molar-refractivity contribution is 5.94. The molecule has 1 aromatic carbocycles. The Kier molecular flexibility index (Phi) is 8.22. The fraction of sp³-hybridized carbons (Fsp3) is 0.435. The molecule has 1 N–H and O–H groups in total. The molecule has 9 heteroatoms. The van der Waals surface area contributed by atoms with E-state index in [4.69, 9.17) is 10.00 Å². The second-order valence-electron chi connectivity index (χ2n) is 7.55. The lowest BCUT2D eigenvalue weighted by Crippen LogP contribution is -2.54. The van der Waals surface area contributed by atoms with E-state index >= 15 is 0 Å². The molecule has 0 aliphatic rings. The van der Waals surface area contributed by atoms with E-state index in [2.05, 4.69) is 10.4 Å². The zero-order chi connectivity index (χ0) is 23.9. The largest absolute Gasteiger partial charge is 0.435 e. The molecule has 2 aromatic rings. The van der Waals surface area contributed by atoms with E-state index in [-0.39, 0.29) is 23.0 Å². The Morgan fingerprint density at radius 1 is 1.31 bits per heavy atom. The summed E-state index contributed by atoms with van der Waals surface area (Å²) >= 11 is 0. The molecular weight excluding hydrogens is 421 g/mol. The monoisotopic (exact) mass is 448 g/mol. The predicted octanol–water partition coefficient (Wildman–Crippen LogP) is 5.03. The van der Waals surface area contributed by atoms with Gasteiger partial charge in [0.25, 0.3) is 5.91 Å². The molecule has 1 unspecified atom stereocenters. The third kappa shape index (κ3) is 5.77. The predicted molar refractivity (Wildman–Crippen MR) is 114 cm³/mol. The summed E-state index contributed by atoms with van der Waals surface area (Å²) in [6.45, 7) is 5.66. The van der Waals surface area contributed by atoms with Crippen molar-refractivity contribution in [1.29, 1.82) is 5.26 Å². The van der Waals surface area contributed by atoms with E-state index in [1.807, 2.05) is 32.1 Å². The van der Waals surface area contributed by atoms with Gasteiger partial charge >= 0.3 is 6.18 Å². The van der Waals surface area contributed by atoms with Gasteiger partial charge in [0, 0.05) is 13.2 Å². The Hall–Kier alpha value is -3.12. The van der Waals surface area contributed by atoms with Gasteiger partial charge in [-0.05, 0) is 44.4 Å². The topological polar surface area (TPSA) is 79.9 Å². The number of carbonyl (C=O) groups excluding carboxylic acids is 1. The number of ether oxygens (including phenoxy) is 1. The highest BCUT2D eigenvalue weighted by Gasteiger charge is 2.38. The maximum atomic E-state index is 13.4. The molecule has 2 rings (SSSR count). The number of hydrogen-bond donors (Lipinski definition) is 1. The van der Waals surface area contributed by atoms with Crippen LogP contribution in [0.2, 0.25) is 0 Å². The molecular formula is C23H27F3N4O2. The minimum absolute atomic E-state index is 0.178. The van der Waals surface area contributed by atoms with Crippen molar-refractivity contribution in [2.24, 2.45) is 0 Å². The number of benzene rings is 1. The van der Waals surface area contributed by atoms with Crippen molar-refractivity contribution >= 4 is 5.91 Å². The molecule has 0 radical (unpaired) electrons. The number of nitrogens with one attached hydrogen (secondary N) is 1. The van der Waals surface area contributed by atoms with Gasteiger partial charge in [-0.25, -0.2) is 4.68 Å². The van der Waals surface area contributed by atoms with Crippen LogP contribution in [0.4, 0.5) is 13.2 Å². The van der Waals surface area contributed by atoms with Crippen LogP contribution in [-0.2, 0) is 10.9 Å². The Bertz CT molecular complexity index is 1010. The molecule has 32 heavy (non-hydrogen) atoms. The summed E-state index contributed by atoms with van der Waals surface area (Å²) in [7, 11) is 1.53. The van der Waals surface area contributed by atoms with Crippen LogP contribution in [0, 0.1) is 11.3 Å². The molecule has 0 saturated heterocycles. The van der Waals surface area contributed by atoms with Crippen LogP contribution in [0.1, 0.15) is 61.8 Å². The zero-order valence-corrected chi connectivity index (χ0v) is 18.5.